The van der Waals surface area contributed by atoms with Crippen LogP contribution in [0.4, 0.5) is 4.79 Å². The van der Waals surface area contributed by atoms with Gasteiger partial charge in [-0.15, -0.1) is 0 Å². The Morgan fingerprint density at radius 1 is 1.06 bits per heavy atom. The molecule has 2 aromatic carbocycles. The van der Waals surface area contributed by atoms with Crippen LogP contribution in [0.5, 0.6) is 0 Å². The molecule has 0 fully saturated rings. The fourth-order valence-electron chi connectivity index (χ4n) is 3.37. The van der Waals surface area contributed by atoms with Crippen molar-refractivity contribution in [2.24, 2.45) is 11.5 Å². The van der Waals surface area contributed by atoms with Crippen LogP contribution in [-0.2, 0) is 27.4 Å². The maximum atomic E-state index is 11.4. The fraction of sp³-hybridized carbons (Fsp3) is 0.304. The van der Waals surface area contributed by atoms with Crippen LogP contribution in [0.2, 0.25) is 0 Å². The van der Waals surface area contributed by atoms with Crippen LogP contribution >= 0.6 is 0 Å². The van der Waals surface area contributed by atoms with E-state index in [9.17, 15) is 14.4 Å². The van der Waals surface area contributed by atoms with Crippen LogP contribution in [0, 0.1) is 5.41 Å². The summed E-state index contributed by atoms with van der Waals surface area (Å²) in [6.07, 6.45) is 1.07. The molecule has 9 N–H and O–H groups in total. The van der Waals surface area contributed by atoms with E-state index >= 15 is 0 Å². The van der Waals surface area contributed by atoms with Gasteiger partial charge in [0.1, 0.15) is 19.2 Å². The maximum absolute atomic E-state index is 11.4. The lowest BCUT2D eigenvalue weighted by Gasteiger charge is -2.09. The summed E-state index contributed by atoms with van der Waals surface area (Å²) < 4.78 is 5.09. The predicted octanol–water partition coefficient (Wildman–Crippen LogP) is 1.23. The number of carboxylic acid groups (broad SMARTS) is 2. The molecular formula is C23H29N5O6. The zero-order valence-corrected chi connectivity index (χ0v) is 18.5. The number of hydrogen-bond donors (Lipinski definition) is 7. The molecule has 0 radical (unpaired) electrons. The lowest BCUT2D eigenvalue weighted by molar-refractivity contribution is -0.139. The average Bonchev–Trinajstić information content (AvgIpc) is 3.18. The van der Waals surface area contributed by atoms with E-state index in [4.69, 9.17) is 31.8 Å². The number of alkyl carbamates (subject to hydrolysis) is 1. The van der Waals surface area contributed by atoms with E-state index in [2.05, 4.69) is 28.8 Å². The van der Waals surface area contributed by atoms with Crippen LogP contribution in [0.25, 0.3) is 11.1 Å². The third kappa shape index (κ3) is 8.10. The van der Waals surface area contributed by atoms with E-state index in [1.54, 1.807) is 0 Å². The molecule has 0 aliphatic heterocycles. The second-order valence-corrected chi connectivity index (χ2v) is 7.53. The predicted molar refractivity (Wildman–Crippen MR) is 125 cm³/mol. The molecule has 1 atom stereocenters. The molecule has 0 heterocycles. The van der Waals surface area contributed by atoms with E-state index in [0.29, 0.717) is 19.4 Å². The molecule has 1 unspecified atom stereocenters. The van der Waals surface area contributed by atoms with Crippen LogP contribution in [0.1, 0.15) is 29.5 Å². The van der Waals surface area contributed by atoms with E-state index in [-0.39, 0.29) is 12.6 Å². The SMILES string of the molecule is N=C(N)NCCCC(N)C(=O)O.O=C(O)CNC(=O)OCc1cccc2c1Cc1ccccc1-2. The van der Waals surface area contributed by atoms with Crippen molar-refractivity contribution in [2.45, 2.75) is 31.9 Å². The minimum absolute atomic E-state index is 0.112. The van der Waals surface area contributed by atoms with Crippen LogP contribution in [-0.4, -0.2) is 53.3 Å². The number of nitrogens with two attached hydrogens (primary N) is 2. The number of hydrogen-bond acceptors (Lipinski definition) is 6. The van der Waals surface area contributed by atoms with Gasteiger partial charge >= 0.3 is 18.0 Å². The summed E-state index contributed by atoms with van der Waals surface area (Å²) in [5, 5.41) is 28.4. The van der Waals surface area contributed by atoms with Gasteiger partial charge in [-0.25, -0.2) is 4.79 Å². The van der Waals surface area contributed by atoms with Crippen LogP contribution < -0.4 is 22.1 Å². The van der Waals surface area contributed by atoms with Crippen molar-refractivity contribution in [3.63, 3.8) is 0 Å². The van der Waals surface area contributed by atoms with Gasteiger partial charge in [-0.05, 0) is 47.1 Å². The summed E-state index contributed by atoms with van der Waals surface area (Å²) in [6.45, 7) is 0.163. The van der Waals surface area contributed by atoms with Gasteiger partial charge in [0.15, 0.2) is 5.96 Å². The first-order chi connectivity index (χ1) is 16.2. The largest absolute Gasteiger partial charge is 0.480 e. The smallest absolute Gasteiger partial charge is 0.407 e. The number of nitrogens with one attached hydrogen (secondary N) is 3. The molecule has 182 valence electrons. The Morgan fingerprint density at radius 3 is 2.44 bits per heavy atom. The van der Waals surface area contributed by atoms with Gasteiger partial charge in [-0.1, -0.05) is 42.5 Å². The number of ether oxygens (including phenoxy) is 1. The Balaban J connectivity index is 0.000000292. The first-order valence-electron chi connectivity index (χ1n) is 10.6. The number of carbonyl (C=O) groups excluding carboxylic acids is 1. The highest BCUT2D eigenvalue weighted by Crippen LogP contribution is 2.38. The molecule has 0 aromatic heterocycles. The molecule has 34 heavy (non-hydrogen) atoms. The first-order valence-corrected chi connectivity index (χ1v) is 10.6. The van der Waals surface area contributed by atoms with Crippen molar-refractivity contribution in [3.8, 4) is 11.1 Å². The van der Waals surface area contributed by atoms with Gasteiger partial charge in [0.05, 0.1) is 0 Å². The number of carboxylic acids is 2. The van der Waals surface area contributed by atoms with E-state index < -0.39 is 30.6 Å². The second kappa shape index (κ2) is 12.8. The third-order valence-corrected chi connectivity index (χ3v) is 5.02. The van der Waals surface area contributed by atoms with Gasteiger partial charge in [0.25, 0.3) is 0 Å². The highest BCUT2D eigenvalue weighted by atomic mass is 16.5. The number of fused-ring (bicyclic) bond motifs is 3. The summed E-state index contributed by atoms with van der Waals surface area (Å²) in [7, 11) is 0. The zero-order valence-electron chi connectivity index (χ0n) is 18.5. The minimum atomic E-state index is -1.10. The van der Waals surface area contributed by atoms with Gasteiger partial charge in [0.2, 0.25) is 0 Å². The molecule has 3 rings (SSSR count). The zero-order chi connectivity index (χ0) is 25.1. The monoisotopic (exact) mass is 471 g/mol. The van der Waals surface area contributed by atoms with Crippen LogP contribution in [0.15, 0.2) is 42.5 Å². The number of amides is 1. The minimum Gasteiger partial charge on any atom is -0.480 e. The number of guanidine groups is 1. The standard InChI is InChI=1S/C17H15NO4.C6H14N4O2/c19-16(20)9-18-17(21)22-10-12-5-3-7-14-13-6-2-1-4-11(13)8-15(12)14;7-4(5(11)12)2-1-3-10-6(8)9/h1-7H,8-10H2,(H,18,21)(H,19,20);4H,1-3,7H2,(H,11,12)(H4,8,9,10). The van der Waals surface area contributed by atoms with Gasteiger partial charge in [-0.2, -0.15) is 0 Å². The van der Waals surface area contributed by atoms with Gasteiger partial charge in [-0.3, -0.25) is 15.0 Å². The molecular weight excluding hydrogens is 442 g/mol. The average molecular weight is 472 g/mol. The Bertz CT molecular complexity index is 1040. The van der Waals surface area contributed by atoms with E-state index in [1.165, 1.54) is 16.7 Å². The number of carbonyl (C=O) groups is 3. The number of rotatable bonds is 9. The van der Waals surface area contributed by atoms with Crippen molar-refractivity contribution < 1.29 is 29.3 Å². The lowest BCUT2D eigenvalue weighted by Crippen LogP contribution is -2.34. The molecule has 1 aliphatic rings. The molecule has 0 spiro atoms. The maximum Gasteiger partial charge on any atom is 0.407 e. The van der Waals surface area contributed by atoms with Crippen molar-refractivity contribution in [2.75, 3.05) is 13.1 Å². The molecule has 11 heteroatoms. The molecule has 11 nitrogen and oxygen atoms in total. The molecule has 1 aliphatic carbocycles. The topological polar surface area (TPSA) is 201 Å². The Kier molecular flexibility index (Phi) is 9.84. The number of benzene rings is 2. The Morgan fingerprint density at radius 2 is 1.76 bits per heavy atom. The highest BCUT2D eigenvalue weighted by molar-refractivity contribution is 5.78. The summed E-state index contributed by atoms with van der Waals surface area (Å²) in [4.78, 5) is 32.0. The molecule has 0 saturated heterocycles. The van der Waals surface area contributed by atoms with Gasteiger partial charge in [0, 0.05) is 6.54 Å². The molecule has 0 saturated carbocycles. The van der Waals surface area contributed by atoms with Crippen molar-refractivity contribution in [3.05, 3.63) is 59.2 Å². The summed E-state index contributed by atoms with van der Waals surface area (Å²) in [5.74, 6) is -2.22. The second-order valence-electron chi connectivity index (χ2n) is 7.53. The van der Waals surface area contributed by atoms with E-state index in [0.717, 1.165) is 17.5 Å². The number of aliphatic carboxylic acids is 2. The first kappa shape index (κ1) is 26.1. The summed E-state index contributed by atoms with van der Waals surface area (Å²) >= 11 is 0. The molecule has 0 bridgehead atoms. The van der Waals surface area contributed by atoms with Gasteiger partial charge < -0.3 is 37.1 Å². The van der Waals surface area contributed by atoms with Crippen molar-refractivity contribution in [1.29, 1.82) is 5.41 Å². The van der Waals surface area contributed by atoms with E-state index in [1.807, 2.05) is 24.3 Å². The molecule has 2 aromatic rings. The highest BCUT2D eigenvalue weighted by Gasteiger charge is 2.20. The molecule has 1 amide bonds. The summed E-state index contributed by atoms with van der Waals surface area (Å²) in [5.41, 5.74) is 16.0. The Hall–Kier alpha value is -4.12. The fourth-order valence-corrected chi connectivity index (χ4v) is 3.37. The van der Waals surface area contributed by atoms with Crippen molar-refractivity contribution >= 4 is 24.0 Å². The normalized spacial score (nSPS) is 11.7. The lowest BCUT2D eigenvalue weighted by atomic mass is 10.0. The third-order valence-electron chi connectivity index (χ3n) is 5.02. The van der Waals surface area contributed by atoms with Crippen LogP contribution in [0.3, 0.4) is 0 Å². The Labute approximate surface area is 196 Å². The summed E-state index contributed by atoms with van der Waals surface area (Å²) in [6, 6.07) is 13.3. The van der Waals surface area contributed by atoms with Crippen molar-refractivity contribution in [1.82, 2.24) is 10.6 Å². The quantitative estimate of drug-likeness (QED) is 0.136.